The zero-order valence-electron chi connectivity index (χ0n) is 21.1. The lowest BCUT2D eigenvalue weighted by molar-refractivity contribution is 0.0950. The van der Waals surface area contributed by atoms with Crippen molar-refractivity contribution in [1.29, 1.82) is 0 Å². The van der Waals surface area contributed by atoms with Crippen LogP contribution in [-0.2, 0) is 0 Å². The molecule has 4 aromatic rings. The lowest BCUT2D eigenvalue weighted by Gasteiger charge is -2.06. The van der Waals surface area contributed by atoms with Gasteiger partial charge in [0.2, 0.25) is 0 Å². The Hall–Kier alpha value is -3.93. The van der Waals surface area contributed by atoms with Gasteiger partial charge in [-0.05, 0) is 66.1 Å². The molecule has 1 aromatic heterocycles. The first-order chi connectivity index (χ1) is 17.6. The number of hydrazone groups is 1. The molecule has 0 aliphatic heterocycles. The van der Waals surface area contributed by atoms with Crippen molar-refractivity contribution < 1.29 is 9.53 Å². The molecule has 0 saturated carbocycles. The van der Waals surface area contributed by atoms with Gasteiger partial charge in [-0.25, -0.2) is 5.43 Å². The van der Waals surface area contributed by atoms with Crippen LogP contribution < -0.4 is 10.2 Å². The van der Waals surface area contributed by atoms with Crippen molar-refractivity contribution in [3.8, 4) is 17.0 Å². The topological polar surface area (TPSA) is 79.4 Å². The number of rotatable bonds is 12. The molecule has 0 fully saturated rings. The Bertz CT molecular complexity index is 1310. The van der Waals surface area contributed by atoms with Gasteiger partial charge >= 0.3 is 0 Å². The summed E-state index contributed by atoms with van der Waals surface area (Å²) in [5.41, 5.74) is 6.26. The van der Waals surface area contributed by atoms with E-state index in [2.05, 4.69) is 51.9 Å². The lowest BCUT2D eigenvalue weighted by Crippen LogP contribution is -2.19. The van der Waals surface area contributed by atoms with Gasteiger partial charge in [0.15, 0.2) is 0 Å². The second kappa shape index (κ2) is 12.7. The summed E-state index contributed by atoms with van der Waals surface area (Å²) in [7, 11) is 0. The van der Waals surface area contributed by atoms with Crippen molar-refractivity contribution in [3.63, 3.8) is 0 Å². The predicted molar refractivity (Wildman–Crippen MR) is 147 cm³/mol. The molecular formula is C30H34N4O2. The molecule has 0 unspecified atom stereocenters. The highest BCUT2D eigenvalue weighted by atomic mass is 16.5. The molecule has 0 radical (unpaired) electrons. The van der Waals surface area contributed by atoms with E-state index in [1.807, 2.05) is 49.4 Å². The number of nitrogens with zero attached hydrogens (tertiary/aromatic N) is 2. The summed E-state index contributed by atoms with van der Waals surface area (Å²) >= 11 is 0. The Balaban J connectivity index is 1.29. The summed E-state index contributed by atoms with van der Waals surface area (Å²) in [5.74, 6) is 0.507. The minimum atomic E-state index is -0.340. The number of nitrogens with one attached hydrogen (secondary N) is 2. The average Bonchev–Trinajstić information content (AvgIpc) is 3.42. The zero-order chi connectivity index (χ0) is 25.2. The maximum absolute atomic E-state index is 12.6. The summed E-state index contributed by atoms with van der Waals surface area (Å²) in [6.07, 6.45) is 7.46. The smallest absolute Gasteiger partial charge is 0.289 e. The van der Waals surface area contributed by atoms with Gasteiger partial charge in [-0.1, -0.05) is 75.4 Å². The Morgan fingerprint density at radius 3 is 2.47 bits per heavy atom. The average molecular weight is 483 g/mol. The van der Waals surface area contributed by atoms with E-state index in [9.17, 15) is 4.79 Å². The third kappa shape index (κ3) is 6.81. The number of hydrogen-bond acceptors (Lipinski definition) is 4. The van der Waals surface area contributed by atoms with Crippen LogP contribution in [0.5, 0.6) is 5.75 Å². The molecule has 6 nitrogen and oxygen atoms in total. The first kappa shape index (κ1) is 25.2. The number of hydrogen-bond donors (Lipinski definition) is 2. The molecule has 0 spiro atoms. The molecule has 1 amide bonds. The number of aromatic amines is 1. The highest BCUT2D eigenvalue weighted by molar-refractivity contribution is 6.03. The molecule has 36 heavy (non-hydrogen) atoms. The maximum Gasteiger partial charge on any atom is 0.289 e. The van der Waals surface area contributed by atoms with Crippen molar-refractivity contribution in [2.45, 2.75) is 52.4 Å². The number of amides is 1. The van der Waals surface area contributed by atoms with Crippen LogP contribution in [0.3, 0.4) is 0 Å². The van der Waals surface area contributed by atoms with Crippen molar-refractivity contribution in [2.75, 3.05) is 6.61 Å². The van der Waals surface area contributed by atoms with Crippen LogP contribution in [0.15, 0.2) is 77.9 Å². The summed E-state index contributed by atoms with van der Waals surface area (Å²) < 4.78 is 5.85. The SMILES string of the molecule is CCCCCCCCOc1ccc(-c2cc(C(=O)NN=C(C)c3ccc4ccccc4c3)[nH]n2)cc1. The zero-order valence-corrected chi connectivity index (χ0v) is 21.1. The summed E-state index contributed by atoms with van der Waals surface area (Å²) in [6, 6.07) is 23.8. The highest BCUT2D eigenvalue weighted by Gasteiger charge is 2.11. The second-order valence-corrected chi connectivity index (χ2v) is 9.01. The van der Waals surface area contributed by atoms with E-state index < -0.39 is 0 Å². The van der Waals surface area contributed by atoms with E-state index in [4.69, 9.17) is 4.74 Å². The normalized spacial score (nSPS) is 11.6. The largest absolute Gasteiger partial charge is 0.494 e. The number of unbranched alkanes of at least 4 members (excludes halogenated alkanes) is 5. The number of H-pyrrole nitrogens is 1. The van der Waals surface area contributed by atoms with Crippen molar-refractivity contribution in [3.05, 3.63) is 84.1 Å². The molecule has 2 N–H and O–H groups in total. The molecule has 4 rings (SSSR count). The van der Waals surface area contributed by atoms with Gasteiger partial charge in [-0.2, -0.15) is 10.2 Å². The fourth-order valence-electron chi connectivity index (χ4n) is 4.05. The molecule has 0 aliphatic rings. The van der Waals surface area contributed by atoms with Gasteiger partial charge in [0.05, 0.1) is 18.0 Å². The first-order valence-electron chi connectivity index (χ1n) is 12.8. The van der Waals surface area contributed by atoms with Gasteiger partial charge in [0.1, 0.15) is 11.4 Å². The Kier molecular flexibility index (Phi) is 8.87. The first-order valence-corrected chi connectivity index (χ1v) is 12.8. The molecule has 0 atom stereocenters. The molecule has 6 heteroatoms. The van der Waals surface area contributed by atoms with Gasteiger partial charge in [0.25, 0.3) is 5.91 Å². The third-order valence-electron chi connectivity index (χ3n) is 6.23. The summed E-state index contributed by atoms with van der Waals surface area (Å²) in [6.45, 7) is 4.84. The Morgan fingerprint density at radius 1 is 0.917 bits per heavy atom. The number of fused-ring (bicyclic) bond motifs is 1. The van der Waals surface area contributed by atoms with E-state index in [0.717, 1.165) is 41.0 Å². The second-order valence-electron chi connectivity index (χ2n) is 9.01. The van der Waals surface area contributed by atoms with Gasteiger partial charge in [-0.3, -0.25) is 9.89 Å². The quantitative estimate of drug-likeness (QED) is 0.128. The number of carbonyl (C=O) groups is 1. The standard InChI is InChI=1S/C30H34N4O2/c1-3-4-5-6-7-10-19-36-27-17-15-24(16-18-27)28-21-29(33-32-28)30(35)34-31-22(2)25-14-13-23-11-8-9-12-26(23)20-25/h8-9,11-18,20-21H,3-7,10,19H2,1-2H3,(H,32,33)(H,34,35). The maximum atomic E-state index is 12.6. The van der Waals surface area contributed by atoms with E-state index in [1.165, 1.54) is 37.5 Å². The highest BCUT2D eigenvalue weighted by Crippen LogP contribution is 2.22. The summed E-state index contributed by atoms with van der Waals surface area (Å²) in [5, 5.41) is 13.7. The van der Waals surface area contributed by atoms with E-state index >= 15 is 0 Å². The summed E-state index contributed by atoms with van der Waals surface area (Å²) in [4.78, 5) is 12.6. The van der Waals surface area contributed by atoms with E-state index in [1.54, 1.807) is 6.07 Å². The van der Waals surface area contributed by atoms with Crippen LogP contribution in [0.1, 0.15) is 68.4 Å². The van der Waals surface area contributed by atoms with Gasteiger partial charge in [-0.15, -0.1) is 0 Å². The Labute approximate surface area is 212 Å². The fourth-order valence-corrected chi connectivity index (χ4v) is 4.05. The van der Waals surface area contributed by atoms with Crippen LogP contribution in [0.2, 0.25) is 0 Å². The monoisotopic (exact) mass is 482 g/mol. The third-order valence-corrected chi connectivity index (χ3v) is 6.23. The molecular weight excluding hydrogens is 448 g/mol. The van der Waals surface area contributed by atoms with Crippen LogP contribution in [0.4, 0.5) is 0 Å². The molecule has 186 valence electrons. The van der Waals surface area contributed by atoms with Crippen LogP contribution in [0.25, 0.3) is 22.0 Å². The van der Waals surface area contributed by atoms with Crippen molar-refractivity contribution in [1.82, 2.24) is 15.6 Å². The molecule has 1 heterocycles. The minimum Gasteiger partial charge on any atom is -0.494 e. The molecule has 0 saturated heterocycles. The van der Waals surface area contributed by atoms with Crippen LogP contribution >= 0.6 is 0 Å². The van der Waals surface area contributed by atoms with Gasteiger partial charge in [0, 0.05) is 5.56 Å². The lowest BCUT2D eigenvalue weighted by atomic mass is 10.0. The molecule has 0 aliphatic carbocycles. The minimum absolute atomic E-state index is 0.340. The number of benzene rings is 3. The fraction of sp³-hybridized carbons (Fsp3) is 0.300. The predicted octanol–water partition coefficient (Wildman–Crippen LogP) is 7.12. The van der Waals surface area contributed by atoms with Crippen LogP contribution in [0, 0.1) is 0 Å². The van der Waals surface area contributed by atoms with E-state index in [0.29, 0.717) is 11.4 Å². The van der Waals surface area contributed by atoms with Crippen LogP contribution in [-0.4, -0.2) is 28.4 Å². The number of ether oxygens (including phenoxy) is 1. The number of carbonyl (C=O) groups excluding carboxylic acids is 1. The van der Waals surface area contributed by atoms with E-state index in [-0.39, 0.29) is 5.91 Å². The Morgan fingerprint density at radius 2 is 1.67 bits per heavy atom. The molecule has 3 aromatic carbocycles. The van der Waals surface area contributed by atoms with Crippen molar-refractivity contribution in [2.24, 2.45) is 5.10 Å². The van der Waals surface area contributed by atoms with Crippen molar-refractivity contribution >= 4 is 22.4 Å². The molecule has 0 bridgehead atoms. The van der Waals surface area contributed by atoms with Gasteiger partial charge < -0.3 is 4.74 Å². The number of aromatic nitrogens is 2.